The number of hydrogen-bond acceptors (Lipinski definition) is 7. The van der Waals surface area contributed by atoms with E-state index in [1.54, 1.807) is 0 Å². The van der Waals surface area contributed by atoms with Crippen molar-refractivity contribution in [2.24, 2.45) is 0 Å². The lowest BCUT2D eigenvalue weighted by atomic mass is 10.2. The molecule has 0 aliphatic carbocycles. The van der Waals surface area contributed by atoms with E-state index in [-0.39, 0.29) is 30.0 Å². The number of carbonyl (C=O) groups excluding carboxylic acids is 1. The van der Waals surface area contributed by atoms with Crippen LogP contribution in [0.5, 0.6) is 0 Å². The van der Waals surface area contributed by atoms with Crippen LogP contribution in [0, 0.1) is 6.92 Å². The van der Waals surface area contributed by atoms with Crippen molar-refractivity contribution in [1.82, 2.24) is 19.9 Å². The summed E-state index contributed by atoms with van der Waals surface area (Å²) in [5.74, 6) is -0.0454. The highest BCUT2D eigenvalue weighted by molar-refractivity contribution is 6.30. The van der Waals surface area contributed by atoms with Crippen LogP contribution in [0.1, 0.15) is 21.9 Å². The number of rotatable bonds is 5. The number of aromatic amines is 1. The van der Waals surface area contributed by atoms with Gasteiger partial charge in [0.05, 0.1) is 5.02 Å². The van der Waals surface area contributed by atoms with Crippen LogP contribution < -0.4 is 11.1 Å². The van der Waals surface area contributed by atoms with Gasteiger partial charge < -0.3 is 20.8 Å². The zero-order valence-corrected chi connectivity index (χ0v) is 14.0. The highest BCUT2D eigenvalue weighted by Gasteiger charge is 2.12. The Balaban J connectivity index is 1.68. The van der Waals surface area contributed by atoms with Gasteiger partial charge in [-0.25, -0.2) is 4.79 Å². The molecule has 0 amide bonds. The monoisotopic (exact) mass is 358 g/mol. The molecule has 0 aliphatic rings. The van der Waals surface area contributed by atoms with Crippen molar-refractivity contribution < 1.29 is 9.53 Å². The summed E-state index contributed by atoms with van der Waals surface area (Å²) in [5.41, 5.74) is 7.87. The van der Waals surface area contributed by atoms with E-state index in [1.165, 1.54) is 12.3 Å². The Morgan fingerprint density at radius 1 is 1.28 bits per heavy atom. The molecule has 0 aliphatic heterocycles. The molecule has 1 aromatic carbocycles. The van der Waals surface area contributed by atoms with Gasteiger partial charge >= 0.3 is 5.97 Å². The predicted octanol–water partition coefficient (Wildman–Crippen LogP) is 2.84. The fourth-order valence-corrected chi connectivity index (χ4v) is 2.18. The number of nitrogens with one attached hydrogen (secondary N) is 2. The summed E-state index contributed by atoms with van der Waals surface area (Å²) in [6.07, 6.45) is 1.49. The molecule has 2 aromatic heterocycles. The van der Waals surface area contributed by atoms with Crippen molar-refractivity contribution in [3.63, 3.8) is 0 Å². The number of ether oxygens (including phenoxy) is 1. The lowest BCUT2D eigenvalue weighted by Gasteiger charge is -2.08. The standard InChI is InChI=1S/C16H15ClN6O2/c1-9-2-4-11(5-3-9)20-16-22-13(21-15(18)23-16)8-25-14(24)12-6-10(17)7-19-12/h2-7,19H,8H2,1H3,(H3,18,20,21,22,23). The summed E-state index contributed by atoms with van der Waals surface area (Å²) in [4.78, 5) is 26.8. The number of hydrogen-bond donors (Lipinski definition) is 3. The Labute approximate surface area is 148 Å². The topological polar surface area (TPSA) is 119 Å². The first-order valence-electron chi connectivity index (χ1n) is 7.35. The quantitative estimate of drug-likeness (QED) is 0.600. The zero-order chi connectivity index (χ0) is 17.8. The SMILES string of the molecule is Cc1ccc(Nc2nc(N)nc(COC(=O)c3cc(Cl)c[nH]3)n2)cc1. The summed E-state index contributed by atoms with van der Waals surface area (Å²) in [6.45, 7) is 1.85. The van der Waals surface area contributed by atoms with Gasteiger partial charge in [-0.1, -0.05) is 29.3 Å². The first-order chi connectivity index (χ1) is 12.0. The number of nitrogen functional groups attached to an aromatic ring is 1. The number of esters is 1. The summed E-state index contributed by atoms with van der Waals surface area (Å²) < 4.78 is 5.14. The van der Waals surface area contributed by atoms with Crippen molar-refractivity contribution in [1.29, 1.82) is 0 Å². The molecule has 0 spiro atoms. The van der Waals surface area contributed by atoms with Crippen LogP contribution in [-0.2, 0) is 11.3 Å². The fourth-order valence-electron chi connectivity index (χ4n) is 2.02. The number of aryl methyl sites for hydroxylation is 1. The normalized spacial score (nSPS) is 10.5. The molecule has 128 valence electrons. The summed E-state index contributed by atoms with van der Waals surface area (Å²) in [6, 6.07) is 9.16. The minimum absolute atomic E-state index is 0.0265. The number of nitrogens with two attached hydrogens (primary N) is 1. The fraction of sp³-hybridized carbons (Fsp3) is 0.125. The van der Waals surface area contributed by atoms with Crippen LogP contribution in [0.4, 0.5) is 17.6 Å². The number of anilines is 3. The van der Waals surface area contributed by atoms with Gasteiger partial charge in [-0.15, -0.1) is 0 Å². The van der Waals surface area contributed by atoms with Crippen molar-refractivity contribution >= 4 is 35.2 Å². The highest BCUT2D eigenvalue weighted by Crippen LogP contribution is 2.15. The molecule has 3 aromatic rings. The number of halogens is 1. The predicted molar refractivity (Wildman–Crippen MR) is 93.6 cm³/mol. The maximum absolute atomic E-state index is 11.9. The average molecular weight is 359 g/mol. The first kappa shape index (κ1) is 16.7. The molecular formula is C16H15ClN6O2. The minimum atomic E-state index is -0.570. The van der Waals surface area contributed by atoms with Crippen molar-refractivity contribution in [3.05, 3.63) is 58.6 Å². The van der Waals surface area contributed by atoms with E-state index in [0.29, 0.717) is 5.02 Å². The summed E-state index contributed by atoms with van der Waals surface area (Å²) in [5, 5.41) is 3.45. The summed E-state index contributed by atoms with van der Waals surface area (Å²) in [7, 11) is 0. The van der Waals surface area contributed by atoms with Crippen LogP contribution in [0.25, 0.3) is 0 Å². The van der Waals surface area contributed by atoms with Crippen molar-refractivity contribution in [2.45, 2.75) is 13.5 Å². The van der Waals surface area contributed by atoms with Gasteiger partial charge in [0, 0.05) is 11.9 Å². The largest absolute Gasteiger partial charge is 0.453 e. The zero-order valence-electron chi connectivity index (χ0n) is 13.3. The molecule has 0 saturated carbocycles. The van der Waals surface area contributed by atoms with Gasteiger partial charge in [0.15, 0.2) is 12.4 Å². The third-order valence-electron chi connectivity index (χ3n) is 3.21. The third kappa shape index (κ3) is 4.45. The molecule has 3 rings (SSSR count). The molecule has 0 unspecified atom stereocenters. The molecule has 25 heavy (non-hydrogen) atoms. The smallest absolute Gasteiger partial charge is 0.355 e. The Kier molecular flexibility index (Phi) is 4.80. The van der Waals surface area contributed by atoms with Crippen LogP contribution >= 0.6 is 11.6 Å². The van der Waals surface area contributed by atoms with Gasteiger partial charge in [0.2, 0.25) is 11.9 Å². The highest BCUT2D eigenvalue weighted by atomic mass is 35.5. The van der Waals surface area contributed by atoms with Gasteiger partial charge in [-0.05, 0) is 25.1 Å². The Morgan fingerprint density at radius 3 is 2.72 bits per heavy atom. The number of carbonyl (C=O) groups is 1. The number of benzene rings is 1. The van der Waals surface area contributed by atoms with Gasteiger partial charge in [0.1, 0.15) is 5.69 Å². The maximum atomic E-state index is 11.9. The minimum Gasteiger partial charge on any atom is -0.453 e. The van der Waals surface area contributed by atoms with Crippen LogP contribution in [0.2, 0.25) is 5.02 Å². The van der Waals surface area contributed by atoms with E-state index in [4.69, 9.17) is 22.1 Å². The molecule has 0 fully saturated rings. The van der Waals surface area contributed by atoms with Gasteiger partial charge in [-0.3, -0.25) is 0 Å². The van der Waals surface area contributed by atoms with E-state index in [9.17, 15) is 4.79 Å². The lowest BCUT2D eigenvalue weighted by Crippen LogP contribution is -2.11. The van der Waals surface area contributed by atoms with E-state index in [0.717, 1.165) is 11.3 Å². The molecule has 8 nitrogen and oxygen atoms in total. The first-order valence-corrected chi connectivity index (χ1v) is 7.72. The molecule has 9 heteroatoms. The van der Waals surface area contributed by atoms with E-state index >= 15 is 0 Å². The van der Waals surface area contributed by atoms with Crippen LogP contribution in [0.15, 0.2) is 36.5 Å². The molecule has 4 N–H and O–H groups in total. The lowest BCUT2D eigenvalue weighted by molar-refractivity contribution is 0.0456. The Hall–Kier alpha value is -3.13. The van der Waals surface area contributed by atoms with E-state index in [2.05, 4.69) is 25.3 Å². The Bertz CT molecular complexity index is 894. The van der Waals surface area contributed by atoms with Crippen molar-refractivity contribution in [2.75, 3.05) is 11.1 Å². The molecule has 0 bridgehead atoms. The third-order valence-corrected chi connectivity index (χ3v) is 3.43. The second kappa shape index (κ2) is 7.18. The maximum Gasteiger partial charge on any atom is 0.355 e. The number of nitrogens with zero attached hydrogens (tertiary/aromatic N) is 3. The van der Waals surface area contributed by atoms with Crippen LogP contribution in [0.3, 0.4) is 0 Å². The molecule has 0 atom stereocenters. The van der Waals surface area contributed by atoms with Gasteiger partial charge in [0.25, 0.3) is 0 Å². The molecular weight excluding hydrogens is 344 g/mol. The molecule has 2 heterocycles. The van der Waals surface area contributed by atoms with E-state index < -0.39 is 5.97 Å². The van der Waals surface area contributed by atoms with Crippen LogP contribution in [-0.4, -0.2) is 25.9 Å². The van der Waals surface area contributed by atoms with Gasteiger partial charge in [-0.2, -0.15) is 15.0 Å². The van der Waals surface area contributed by atoms with Crippen molar-refractivity contribution in [3.8, 4) is 0 Å². The average Bonchev–Trinajstić information content (AvgIpc) is 3.01. The summed E-state index contributed by atoms with van der Waals surface area (Å²) >= 11 is 5.75. The molecule has 0 saturated heterocycles. The molecule has 0 radical (unpaired) electrons. The second-order valence-electron chi connectivity index (χ2n) is 5.23. The number of H-pyrrole nitrogens is 1. The number of aromatic nitrogens is 4. The Morgan fingerprint density at radius 2 is 2.04 bits per heavy atom. The second-order valence-corrected chi connectivity index (χ2v) is 5.67. The van der Waals surface area contributed by atoms with E-state index in [1.807, 2.05) is 31.2 Å².